The van der Waals surface area contributed by atoms with Gasteiger partial charge in [-0.2, -0.15) is 0 Å². The Kier molecular flexibility index (Phi) is 5.03. The van der Waals surface area contributed by atoms with Gasteiger partial charge < -0.3 is 15.5 Å². The summed E-state index contributed by atoms with van der Waals surface area (Å²) >= 11 is 0. The predicted molar refractivity (Wildman–Crippen MR) is 61.7 cm³/mol. The zero-order valence-corrected chi connectivity index (χ0v) is 10.00. The Morgan fingerprint density at radius 2 is 2.07 bits per heavy atom. The first-order valence-corrected chi connectivity index (χ1v) is 6.10. The minimum Gasteiger partial charge on any atom is -0.396 e. The number of hydrogen-bond acceptors (Lipinski definition) is 3. The van der Waals surface area contributed by atoms with Gasteiger partial charge in [0.15, 0.2) is 0 Å². The van der Waals surface area contributed by atoms with Gasteiger partial charge in [-0.1, -0.05) is 20.3 Å². The molecule has 0 radical (unpaired) electrons. The molecule has 90 valence electrons. The van der Waals surface area contributed by atoms with Gasteiger partial charge in [0, 0.05) is 31.2 Å². The molecule has 3 N–H and O–H groups in total. The maximum absolute atomic E-state index is 9.29. The molecule has 3 heteroatoms. The summed E-state index contributed by atoms with van der Waals surface area (Å²) in [5.41, 5.74) is -0.0113. The smallest absolute Gasteiger partial charge is 0.0496 e. The molecule has 0 bridgehead atoms. The molecule has 1 saturated carbocycles. The average molecular weight is 215 g/mol. The van der Waals surface area contributed by atoms with Crippen molar-refractivity contribution >= 4 is 0 Å². The largest absolute Gasteiger partial charge is 0.396 e. The van der Waals surface area contributed by atoms with Gasteiger partial charge in [-0.15, -0.1) is 0 Å². The van der Waals surface area contributed by atoms with Crippen molar-refractivity contribution in [1.82, 2.24) is 5.32 Å². The number of rotatable bonds is 6. The monoisotopic (exact) mass is 215 g/mol. The molecule has 1 rings (SSSR count). The van der Waals surface area contributed by atoms with Gasteiger partial charge >= 0.3 is 0 Å². The molecule has 0 aromatic rings. The summed E-state index contributed by atoms with van der Waals surface area (Å²) in [6.45, 7) is 5.58. The van der Waals surface area contributed by atoms with Crippen LogP contribution in [-0.4, -0.2) is 36.0 Å². The lowest BCUT2D eigenvalue weighted by molar-refractivity contribution is 0.124. The molecule has 3 nitrogen and oxygen atoms in total. The Balaban J connectivity index is 2.35. The van der Waals surface area contributed by atoms with Crippen LogP contribution in [0.2, 0.25) is 0 Å². The highest BCUT2D eigenvalue weighted by Crippen LogP contribution is 2.26. The van der Waals surface area contributed by atoms with Crippen molar-refractivity contribution in [1.29, 1.82) is 0 Å². The second-order valence-electron chi connectivity index (χ2n) is 5.18. The van der Waals surface area contributed by atoms with Gasteiger partial charge in [0.1, 0.15) is 0 Å². The van der Waals surface area contributed by atoms with Gasteiger partial charge in [0.05, 0.1) is 0 Å². The van der Waals surface area contributed by atoms with Gasteiger partial charge in [0.25, 0.3) is 0 Å². The average Bonchev–Trinajstić information content (AvgIpc) is 2.73. The van der Waals surface area contributed by atoms with Crippen LogP contribution in [0.1, 0.15) is 39.5 Å². The molecule has 0 heterocycles. The summed E-state index contributed by atoms with van der Waals surface area (Å²) < 4.78 is 0. The molecule has 15 heavy (non-hydrogen) atoms. The number of nitrogens with one attached hydrogen (secondary N) is 1. The van der Waals surface area contributed by atoms with Gasteiger partial charge in [-0.05, 0) is 25.2 Å². The zero-order valence-electron chi connectivity index (χ0n) is 10.00. The Hall–Kier alpha value is -0.120. The molecule has 1 aliphatic carbocycles. The SMILES string of the molecule is CCC(C)(CO)CNC1CCCC1CO. The van der Waals surface area contributed by atoms with Crippen molar-refractivity contribution < 1.29 is 10.2 Å². The maximum Gasteiger partial charge on any atom is 0.0496 e. The van der Waals surface area contributed by atoms with E-state index < -0.39 is 0 Å². The normalized spacial score (nSPS) is 30.4. The third kappa shape index (κ3) is 3.44. The van der Waals surface area contributed by atoms with E-state index in [9.17, 15) is 10.2 Å². The number of aliphatic hydroxyl groups is 2. The first-order valence-electron chi connectivity index (χ1n) is 6.10. The molecule has 1 fully saturated rings. The van der Waals surface area contributed by atoms with Crippen molar-refractivity contribution in [3.05, 3.63) is 0 Å². The van der Waals surface area contributed by atoms with Crippen LogP contribution in [0.15, 0.2) is 0 Å². The molecule has 3 unspecified atom stereocenters. The van der Waals surface area contributed by atoms with Crippen LogP contribution in [0.5, 0.6) is 0 Å². The number of aliphatic hydroxyl groups excluding tert-OH is 2. The van der Waals surface area contributed by atoms with Crippen molar-refractivity contribution in [3.8, 4) is 0 Å². The molecule has 0 saturated heterocycles. The molecule has 0 aromatic heterocycles. The van der Waals surface area contributed by atoms with Crippen LogP contribution in [0.25, 0.3) is 0 Å². The standard InChI is InChI=1S/C12H25NO2/c1-3-12(2,9-15)8-13-11-6-4-5-10(11)7-14/h10-11,13-15H,3-9H2,1-2H3. The minimum atomic E-state index is -0.0113. The topological polar surface area (TPSA) is 52.5 Å². The van der Waals surface area contributed by atoms with E-state index in [1.54, 1.807) is 0 Å². The van der Waals surface area contributed by atoms with Crippen LogP contribution in [-0.2, 0) is 0 Å². The zero-order chi connectivity index (χ0) is 11.3. The van der Waals surface area contributed by atoms with Crippen LogP contribution in [0.4, 0.5) is 0 Å². The van der Waals surface area contributed by atoms with Gasteiger partial charge in [-0.3, -0.25) is 0 Å². The van der Waals surface area contributed by atoms with Crippen molar-refractivity contribution in [3.63, 3.8) is 0 Å². The lowest BCUT2D eigenvalue weighted by Gasteiger charge is -2.29. The van der Waals surface area contributed by atoms with E-state index >= 15 is 0 Å². The fraction of sp³-hybridized carbons (Fsp3) is 1.00. The van der Waals surface area contributed by atoms with Gasteiger partial charge in [0.2, 0.25) is 0 Å². The fourth-order valence-electron chi connectivity index (χ4n) is 2.19. The van der Waals surface area contributed by atoms with E-state index in [1.165, 1.54) is 6.42 Å². The molecule has 0 spiro atoms. The summed E-state index contributed by atoms with van der Waals surface area (Å²) in [4.78, 5) is 0. The van der Waals surface area contributed by atoms with Crippen molar-refractivity contribution in [2.75, 3.05) is 19.8 Å². The lowest BCUT2D eigenvalue weighted by Crippen LogP contribution is -2.42. The Bertz CT molecular complexity index is 180. The molecule has 0 aliphatic heterocycles. The van der Waals surface area contributed by atoms with E-state index in [-0.39, 0.29) is 12.0 Å². The molecule has 0 aromatic carbocycles. The fourth-order valence-corrected chi connectivity index (χ4v) is 2.19. The Labute approximate surface area is 92.9 Å². The van der Waals surface area contributed by atoms with Crippen LogP contribution >= 0.6 is 0 Å². The van der Waals surface area contributed by atoms with E-state index in [1.807, 2.05) is 0 Å². The molecular formula is C12H25NO2. The first-order chi connectivity index (χ1) is 7.15. The highest BCUT2D eigenvalue weighted by molar-refractivity contribution is 4.85. The van der Waals surface area contributed by atoms with E-state index in [4.69, 9.17) is 0 Å². The summed E-state index contributed by atoms with van der Waals surface area (Å²) in [5.74, 6) is 0.421. The van der Waals surface area contributed by atoms with Crippen molar-refractivity contribution in [2.45, 2.75) is 45.6 Å². The van der Waals surface area contributed by atoms with Crippen LogP contribution in [0, 0.1) is 11.3 Å². The highest BCUT2D eigenvalue weighted by atomic mass is 16.3. The highest BCUT2D eigenvalue weighted by Gasteiger charge is 2.29. The Morgan fingerprint density at radius 1 is 1.33 bits per heavy atom. The maximum atomic E-state index is 9.29. The Morgan fingerprint density at radius 3 is 2.60 bits per heavy atom. The summed E-state index contributed by atoms with van der Waals surface area (Å²) in [6.07, 6.45) is 4.49. The lowest BCUT2D eigenvalue weighted by atomic mass is 9.88. The first kappa shape index (κ1) is 12.9. The van der Waals surface area contributed by atoms with Crippen LogP contribution in [0.3, 0.4) is 0 Å². The molecule has 1 aliphatic rings. The quantitative estimate of drug-likeness (QED) is 0.623. The third-order valence-corrected chi connectivity index (χ3v) is 3.92. The summed E-state index contributed by atoms with van der Waals surface area (Å²) in [5, 5.41) is 22.0. The number of hydrogen-bond donors (Lipinski definition) is 3. The van der Waals surface area contributed by atoms with Crippen LogP contribution < -0.4 is 5.32 Å². The van der Waals surface area contributed by atoms with E-state index in [0.29, 0.717) is 18.6 Å². The summed E-state index contributed by atoms with van der Waals surface area (Å²) in [6, 6.07) is 0.451. The third-order valence-electron chi connectivity index (χ3n) is 3.92. The molecular weight excluding hydrogens is 190 g/mol. The minimum absolute atomic E-state index is 0.0113. The second kappa shape index (κ2) is 5.83. The van der Waals surface area contributed by atoms with E-state index in [0.717, 1.165) is 25.8 Å². The molecule has 3 atom stereocenters. The predicted octanol–water partition coefficient (Wildman–Crippen LogP) is 1.15. The van der Waals surface area contributed by atoms with Crippen molar-refractivity contribution in [2.24, 2.45) is 11.3 Å². The van der Waals surface area contributed by atoms with Gasteiger partial charge in [-0.25, -0.2) is 0 Å². The summed E-state index contributed by atoms with van der Waals surface area (Å²) in [7, 11) is 0. The van der Waals surface area contributed by atoms with E-state index in [2.05, 4.69) is 19.2 Å². The second-order valence-corrected chi connectivity index (χ2v) is 5.18. The molecule has 0 amide bonds.